The minimum Gasteiger partial charge on any atom is -0.370 e. The van der Waals surface area contributed by atoms with Crippen LogP contribution in [0.4, 0.5) is 4.79 Å². The van der Waals surface area contributed by atoms with Crippen molar-refractivity contribution in [2.24, 2.45) is 0 Å². The van der Waals surface area contributed by atoms with Gasteiger partial charge in [0.1, 0.15) is 0 Å². The summed E-state index contributed by atoms with van der Waals surface area (Å²) in [7, 11) is 2.17. The molecule has 24 heavy (non-hydrogen) atoms. The zero-order valence-corrected chi connectivity index (χ0v) is 15.1. The number of amides is 2. The van der Waals surface area contributed by atoms with E-state index in [4.69, 9.17) is 0 Å². The number of piperazine rings is 1. The van der Waals surface area contributed by atoms with E-state index in [-0.39, 0.29) is 12.2 Å². The Morgan fingerprint density at radius 1 is 1.00 bits per heavy atom. The second-order valence-corrected chi connectivity index (χ2v) is 7.13. The van der Waals surface area contributed by atoms with Gasteiger partial charge in [-0.2, -0.15) is 0 Å². The molecular weight excluding hydrogens is 302 g/mol. The molecule has 0 aromatic rings. The second-order valence-electron chi connectivity index (χ2n) is 7.13. The third-order valence-corrected chi connectivity index (χ3v) is 5.20. The highest BCUT2D eigenvalue weighted by atomic mass is 16.2. The maximum absolute atomic E-state index is 12.8. The molecule has 0 aliphatic carbocycles. The van der Waals surface area contributed by atoms with Crippen LogP contribution in [0.5, 0.6) is 0 Å². The van der Waals surface area contributed by atoms with Crippen molar-refractivity contribution in [3.8, 4) is 0 Å². The molecule has 0 radical (unpaired) electrons. The maximum Gasteiger partial charge on any atom is 0.320 e. The first-order valence-electron chi connectivity index (χ1n) is 9.21. The van der Waals surface area contributed by atoms with Crippen LogP contribution in [0.1, 0.15) is 19.8 Å². The summed E-state index contributed by atoms with van der Waals surface area (Å²) in [5, 5.41) is 3.49. The summed E-state index contributed by atoms with van der Waals surface area (Å²) in [6.07, 6.45) is 8.82. The lowest BCUT2D eigenvalue weighted by molar-refractivity contribution is 0.0916. The highest BCUT2D eigenvalue weighted by Crippen LogP contribution is 2.13. The fourth-order valence-corrected chi connectivity index (χ4v) is 3.72. The van der Waals surface area contributed by atoms with Crippen LogP contribution in [0.3, 0.4) is 0 Å². The Balaban J connectivity index is 1.48. The summed E-state index contributed by atoms with van der Waals surface area (Å²) in [6, 6.07) is 0.238. The number of allylic oxidation sites excluding steroid dienone is 3. The molecule has 3 rings (SSSR count). The number of dihydropyridines is 1. The smallest absolute Gasteiger partial charge is 0.320 e. The Morgan fingerprint density at radius 3 is 2.25 bits per heavy atom. The molecule has 0 spiro atoms. The molecule has 6 nitrogen and oxygen atoms in total. The van der Waals surface area contributed by atoms with Crippen molar-refractivity contribution in [1.29, 1.82) is 0 Å². The summed E-state index contributed by atoms with van der Waals surface area (Å²) in [4.78, 5) is 21.7. The molecule has 0 bridgehead atoms. The van der Waals surface area contributed by atoms with Gasteiger partial charge in [0.25, 0.3) is 0 Å². The standard InChI is InChI=1S/C18H31N5O/c1-16-6-3-7-17(19-16)21-12-14-23(15-13-21)18(24)22-10-4-8-20(2)9-5-11-22/h3,6-7,17,19H,4-5,8-15H2,1-2H3. The van der Waals surface area contributed by atoms with E-state index >= 15 is 0 Å². The molecule has 0 saturated carbocycles. The zero-order valence-electron chi connectivity index (χ0n) is 15.1. The van der Waals surface area contributed by atoms with Crippen LogP contribution in [-0.2, 0) is 0 Å². The lowest BCUT2D eigenvalue weighted by Crippen LogP contribution is -2.57. The van der Waals surface area contributed by atoms with Gasteiger partial charge < -0.3 is 20.0 Å². The third kappa shape index (κ3) is 4.30. The number of nitrogens with zero attached hydrogens (tertiary/aromatic N) is 4. The molecule has 2 saturated heterocycles. The van der Waals surface area contributed by atoms with Crippen LogP contribution in [0.25, 0.3) is 0 Å². The SMILES string of the molecule is CC1=CC=CC(N2CCN(C(=O)N3CCCN(C)CCC3)CC2)N1. The Morgan fingerprint density at radius 2 is 1.62 bits per heavy atom. The molecule has 3 aliphatic rings. The van der Waals surface area contributed by atoms with Crippen molar-refractivity contribution in [2.75, 3.05) is 59.4 Å². The number of carbonyl (C=O) groups excluding carboxylic acids is 1. The first-order chi connectivity index (χ1) is 11.6. The lowest BCUT2D eigenvalue weighted by atomic mass is 10.2. The van der Waals surface area contributed by atoms with Gasteiger partial charge in [-0.1, -0.05) is 6.08 Å². The molecule has 1 N–H and O–H groups in total. The Labute approximate surface area is 145 Å². The van der Waals surface area contributed by atoms with E-state index in [0.29, 0.717) is 0 Å². The number of urea groups is 1. The molecule has 134 valence electrons. The van der Waals surface area contributed by atoms with Gasteiger partial charge in [-0.25, -0.2) is 4.79 Å². The summed E-state index contributed by atoms with van der Waals surface area (Å²) in [5.74, 6) is 0. The minimum atomic E-state index is 0.238. The average molecular weight is 333 g/mol. The predicted molar refractivity (Wildman–Crippen MR) is 96.7 cm³/mol. The number of hydrogen-bond acceptors (Lipinski definition) is 4. The van der Waals surface area contributed by atoms with Gasteiger partial charge in [0.2, 0.25) is 0 Å². The minimum absolute atomic E-state index is 0.238. The van der Waals surface area contributed by atoms with Crippen molar-refractivity contribution in [3.05, 3.63) is 23.9 Å². The van der Waals surface area contributed by atoms with Gasteiger partial charge in [-0.15, -0.1) is 0 Å². The highest BCUT2D eigenvalue weighted by molar-refractivity contribution is 5.74. The van der Waals surface area contributed by atoms with E-state index in [1.165, 1.54) is 5.70 Å². The predicted octanol–water partition coefficient (Wildman–Crippen LogP) is 1.14. The summed E-state index contributed by atoms with van der Waals surface area (Å²) in [5.41, 5.74) is 1.20. The number of hydrogen-bond donors (Lipinski definition) is 1. The van der Waals surface area contributed by atoms with Crippen LogP contribution in [0.2, 0.25) is 0 Å². The second kappa shape index (κ2) is 8.03. The molecule has 1 unspecified atom stereocenters. The Kier molecular flexibility index (Phi) is 5.79. The summed E-state index contributed by atoms with van der Waals surface area (Å²) >= 11 is 0. The van der Waals surface area contributed by atoms with Crippen molar-refractivity contribution >= 4 is 6.03 Å². The van der Waals surface area contributed by atoms with E-state index in [1.807, 2.05) is 4.90 Å². The van der Waals surface area contributed by atoms with E-state index in [0.717, 1.165) is 65.2 Å². The van der Waals surface area contributed by atoms with Gasteiger partial charge >= 0.3 is 6.03 Å². The van der Waals surface area contributed by atoms with E-state index < -0.39 is 0 Å². The Bertz CT molecular complexity index is 486. The molecular formula is C18H31N5O. The first kappa shape index (κ1) is 17.3. The monoisotopic (exact) mass is 333 g/mol. The highest BCUT2D eigenvalue weighted by Gasteiger charge is 2.28. The quantitative estimate of drug-likeness (QED) is 0.781. The fraction of sp³-hybridized carbons (Fsp3) is 0.722. The van der Waals surface area contributed by atoms with Crippen LogP contribution >= 0.6 is 0 Å². The molecule has 6 heteroatoms. The van der Waals surface area contributed by atoms with Crippen molar-refractivity contribution in [1.82, 2.24) is 24.9 Å². The Hall–Kier alpha value is -1.53. The van der Waals surface area contributed by atoms with Crippen molar-refractivity contribution in [3.63, 3.8) is 0 Å². The van der Waals surface area contributed by atoms with Gasteiger partial charge in [0, 0.05) is 45.0 Å². The van der Waals surface area contributed by atoms with Crippen LogP contribution in [0.15, 0.2) is 23.9 Å². The maximum atomic E-state index is 12.8. The van der Waals surface area contributed by atoms with Gasteiger partial charge in [-0.05, 0) is 52.1 Å². The van der Waals surface area contributed by atoms with Gasteiger partial charge in [-0.3, -0.25) is 4.90 Å². The van der Waals surface area contributed by atoms with Crippen LogP contribution in [0, 0.1) is 0 Å². The molecule has 2 fully saturated rings. The number of carbonyl (C=O) groups is 1. The summed E-state index contributed by atoms with van der Waals surface area (Å²) < 4.78 is 0. The molecule has 3 aliphatic heterocycles. The third-order valence-electron chi connectivity index (χ3n) is 5.20. The molecule has 0 aromatic heterocycles. The van der Waals surface area contributed by atoms with E-state index in [9.17, 15) is 4.79 Å². The van der Waals surface area contributed by atoms with Crippen molar-refractivity contribution < 1.29 is 4.79 Å². The van der Waals surface area contributed by atoms with Crippen LogP contribution < -0.4 is 5.32 Å². The fourth-order valence-electron chi connectivity index (χ4n) is 3.72. The van der Waals surface area contributed by atoms with Crippen LogP contribution in [-0.4, -0.2) is 91.2 Å². The van der Waals surface area contributed by atoms with Gasteiger partial charge in [0.05, 0.1) is 6.17 Å². The largest absolute Gasteiger partial charge is 0.370 e. The van der Waals surface area contributed by atoms with E-state index in [1.54, 1.807) is 0 Å². The normalized spacial score (nSPS) is 27.2. The number of nitrogens with one attached hydrogen (secondary N) is 1. The lowest BCUT2D eigenvalue weighted by Gasteiger charge is -2.41. The topological polar surface area (TPSA) is 42.1 Å². The number of rotatable bonds is 1. The molecule has 0 aromatic carbocycles. The summed E-state index contributed by atoms with van der Waals surface area (Å²) in [6.45, 7) is 9.55. The average Bonchev–Trinajstić information content (AvgIpc) is 2.57. The van der Waals surface area contributed by atoms with E-state index in [2.05, 4.69) is 52.2 Å². The van der Waals surface area contributed by atoms with Gasteiger partial charge in [0.15, 0.2) is 0 Å². The first-order valence-corrected chi connectivity index (χ1v) is 9.21. The molecule has 1 atom stereocenters. The zero-order chi connectivity index (χ0) is 16.9. The molecule has 2 amide bonds. The van der Waals surface area contributed by atoms with Crippen molar-refractivity contribution in [2.45, 2.75) is 25.9 Å². The molecule has 3 heterocycles.